The van der Waals surface area contributed by atoms with Crippen LogP contribution in [0.3, 0.4) is 0 Å². The topological polar surface area (TPSA) is 71.0 Å². The van der Waals surface area contributed by atoms with Gasteiger partial charge in [-0.15, -0.1) is 11.3 Å². The van der Waals surface area contributed by atoms with Gasteiger partial charge in [0.2, 0.25) is 5.91 Å². The van der Waals surface area contributed by atoms with Gasteiger partial charge >= 0.3 is 0 Å². The number of rotatable bonds is 4. The van der Waals surface area contributed by atoms with Crippen LogP contribution in [0.5, 0.6) is 0 Å². The summed E-state index contributed by atoms with van der Waals surface area (Å²) in [7, 11) is 4.22. The maximum absolute atomic E-state index is 12.7. The van der Waals surface area contributed by atoms with Gasteiger partial charge in [0.15, 0.2) is 0 Å². The highest BCUT2D eigenvalue weighted by Gasteiger charge is 2.27. The van der Waals surface area contributed by atoms with Gasteiger partial charge in [0.25, 0.3) is 0 Å². The minimum Gasteiger partial charge on any atom is -0.310 e. The molecule has 4 rings (SSSR count). The Labute approximate surface area is 162 Å². The van der Waals surface area contributed by atoms with Gasteiger partial charge in [-0.3, -0.25) is 14.8 Å². The van der Waals surface area contributed by atoms with E-state index in [9.17, 15) is 4.79 Å². The van der Waals surface area contributed by atoms with Crippen LogP contribution in [0.4, 0.5) is 5.82 Å². The molecule has 1 N–H and O–H groups in total. The summed E-state index contributed by atoms with van der Waals surface area (Å²) in [4.78, 5) is 28.9. The number of nitrogens with one attached hydrogen (secondary N) is 1. The summed E-state index contributed by atoms with van der Waals surface area (Å²) in [6.45, 7) is 0. The lowest BCUT2D eigenvalue weighted by Crippen LogP contribution is -2.35. The fourth-order valence-electron chi connectivity index (χ4n) is 3.67. The molecule has 3 heterocycles. The van der Waals surface area contributed by atoms with E-state index in [4.69, 9.17) is 0 Å². The monoisotopic (exact) mass is 381 g/mol. The minimum absolute atomic E-state index is 0.0730. The molecule has 1 saturated carbocycles. The summed E-state index contributed by atoms with van der Waals surface area (Å²) in [6.07, 6.45) is 9.39. The third kappa shape index (κ3) is 3.99. The van der Waals surface area contributed by atoms with E-state index < -0.39 is 0 Å². The summed E-state index contributed by atoms with van der Waals surface area (Å²) in [5, 5.41) is 4.97. The van der Waals surface area contributed by atoms with Gasteiger partial charge in [-0.05, 0) is 57.3 Å². The SMILES string of the molecule is CN(C)[C@H]1CC[C@H](C(=O)Nc2cc3cc(-c4cncs4)ncc3cn2)CC1. The van der Waals surface area contributed by atoms with Gasteiger partial charge in [-0.2, -0.15) is 0 Å². The molecule has 1 fully saturated rings. The maximum Gasteiger partial charge on any atom is 0.228 e. The highest BCUT2D eigenvalue weighted by atomic mass is 32.1. The highest BCUT2D eigenvalue weighted by molar-refractivity contribution is 7.13. The average molecular weight is 382 g/mol. The van der Waals surface area contributed by atoms with Crippen molar-refractivity contribution in [2.75, 3.05) is 19.4 Å². The van der Waals surface area contributed by atoms with E-state index in [-0.39, 0.29) is 11.8 Å². The predicted octanol–water partition coefficient (Wildman–Crippen LogP) is 3.81. The van der Waals surface area contributed by atoms with Gasteiger partial charge in [-0.25, -0.2) is 4.98 Å². The molecule has 0 aromatic carbocycles. The zero-order chi connectivity index (χ0) is 18.8. The van der Waals surface area contributed by atoms with Crippen LogP contribution in [0.15, 0.2) is 36.2 Å². The third-order valence-electron chi connectivity index (χ3n) is 5.34. The second kappa shape index (κ2) is 7.70. The van der Waals surface area contributed by atoms with Crippen molar-refractivity contribution < 1.29 is 4.79 Å². The van der Waals surface area contributed by atoms with Crippen molar-refractivity contribution in [1.29, 1.82) is 0 Å². The highest BCUT2D eigenvalue weighted by Crippen LogP contribution is 2.28. The van der Waals surface area contributed by atoms with Crippen molar-refractivity contribution in [2.45, 2.75) is 31.7 Å². The maximum atomic E-state index is 12.7. The van der Waals surface area contributed by atoms with Crippen LogP contribution in [0.2, 0.25) is 0 Å². The van der Waals surface area contributed by atoms with Crippen LogP contribution >= 0.6 is 11.3 Å². The normalized spacial score (nSPS) is 20.1. The Balaban J connectivity index is 1.48. The summed E-state index contributed by atoms with van der Waals surface area (Å²) in [6, 6.07) is 4.53. The molecular weight excluding hydrogens is 358 g/mol. The number of amides is 1. The third-order valence-corrected chi connectivity index (χ3v) is 6.13. The van der Waals surface area contributed by atoms with Gasteiger partial charge < -0.3 is 10.2 Å². The number of carbonyl (C=O) groups excluding carboxylic acids is 1. The second-order valence-corrected chi connectivity index (χ2v) is 8.20. The number of anilines is 1. The Morgan fingerprint density at radius 3 is 2.56 bits per heavy atom. The molecule has 1 aliphatic carbocycles. The molecule has 0 saturated heterocycles. The Morgan fingerprint density at radius 2 is 1.85 bits per heavy atom. The van der Waals surface area contributed by atoms with Crippen LogP contribution < -0.4 is 5.32 Å². The van der Waals surface area contributed by atoms with E-state index in [1.807, 2.05) is 24.5 Å². The first-order valence-electron chi connectivity index (χ1n) is 9.22. The number of thiazole rings is 1. The van der Waals surface area contributed by atoms with E-state index in [1.54, 1.807) is 23.0 Å². The largest absolute Gasteiger partial charge is 0.310 e. The van der Waals surface area contributed by atoms with Gasteiger partial charge in [0.05, 0.1) is 16.1 Å². The van der Waals surface area contributed by atoms with E-state index >= 15 is 0 Å². The molecular formula is C20H23N5OS. The van der Waals surface area contributed by atoms with Crippen molar-refractivity contribution in [2.24, 2.45) is 5.92 Å². The van der Waals surface area contributed by atoms with Crippen LogP contribution in [0, 0.1) is 5.92 Å². The molecule has 0 spiro atoms. The average Bonchev–Trinajstić information content (AvgIpc) is 3.22. The zero-order valence-electron chi connectivity index (χ0n) is 15.6. The van der Waals surface area contributed by atoms with Crippen molar-refractivity contribution in [1.82, 2.24) is 19.9 Å². The fraction of sp³-hybridized carbons (Fsp3) is 0.400. The van der Waals surface area contributed by atoms with Gasteiger partial charge in [0.1, 0.15) is 5.82 Å². The van der Waals surface area contributed by atoms with E-state index in [0.717, 1.165) is 47.0 Å². The molecule has 0 radical (unpaired) electrons. The predicted molar refractivity (Wildman–Crippen MR) is 109 cm³/mol. The molecule has 0 atom stereocenters. The summed E-state index contributed by atoms with van der Waals surface area (Å²) in [5.41, 5.74) is 2.68. The van der Waals surface area contributed by atoms with Crippen molar-refractivity contribution in [3.63, 3.8) is 0 Å². The van der Waals surface area contributed by atoms with Gasteiger partial charge in [0, 0.05) is 35.9 Å². The van der Waals surface area contributed by atoms with E-state index in [0.29, 0.717) is 11.9 Å². The van der Waals surface area contributed by atoms with E-state index in [2.05, 4.69) is 39.3 Å². The standard InChI is InChI=1S/C20H23N5OS/c1-25(2)16-5-3-13(4-6-16)20(26)24-19-8-14-7-17(18-11-21-12-27-18)22-9-15(14)10-23-19/h7-13,16H,3-6H2,1-2H3,(H,23,24,26)/t13-,16-. The van der Waals surface area contributed by atoms with Crippen LogP contribution in [-0.4, -0.2) is 45.9 Å². The molecule has 3 aromatic rings. The Bertz CT molecular complexity index is 933. The smallest absolute Gasteiger partial charge is 0.228 e. The van der Waals surface area contributed by atoms with E-state index in [1.165, 1.54) is 0 Å². The number of nitrogens with zero attached hydrogens (tertiary/aromatic N) is 4. The number of pyridine rings is 2. The number of fused-ring (bicyclic) bond motifs is 1. The molecule has 6 nitrogen and oxygen atoms in total. The fourth-order valence-corrected chi connectivity index (χ4v) is 4.26. The van der Waals surface area contributed by atoms with Crippen molar-refractivity contribution in [3.8, 4) is 10.6 Å². The number of carbonyl (C=O) groups is 1. The van der Waals surface area contributed by atoms with Crippen LogP contribution in [0.25, 0.3) is 21.3 Å². The first-order valence-corrected chi connectivity index (χ1v) is 10.1. The summed E-state index contributed by atoms with van der Waals surface area (Å²) < 4.78 is 0. The lowest BCUT2D eigenvalue weighted by molar-refractivity contribution is -0.121. The van der Waals surface area contributed by atoms with Gasteiger partial charge in [-0.1, -0.05) is 0 Å². The Kier molecular flexibility index (Phi) is 5.13. The lowest BCUT2D eigenvalue weighted by atomic mass is 9.85. The molecule has 1 aliphatic rings. The first-order chi connectivity index (χ1) is 13.1. The minimum atomic E-state index is 0.0730. The number of aromatic nitrogens is 3. The molecule has 7 heteroatoms. The second-order valence-electron chi connectivity index (χ2n) is 7.31. The Morgan fingerprint density at radius 1 is 1.07 bits per heavy atom. The lowest BCUT2D eigenvalue weighted by Gasteiger charge is -2.31. The molecule has 140 valence electrons. The summed E-state index contributed by atoms with van der Waals surface area (Å²) in [5.74, 6) is 0.753. The first kappa shape index (κ1) is 18.0. The quantitative estimate of drug-likeness (QED) is 0.744. The summed E-state index contributed by atoms with van der Waals surface area (Å²) >= 11 is 1.56. The molecule has 3 aromatic heterocycles. The molecule has 0 bridgehead atoms. The number of hydrogen-bond acceptors (Lipinski definition) is 6. The van der Waals surface area contributed by atoms with Crippen LogP contribution in [-0.2, 0) is 4.79 Å². The zero-order valence-corrected chi connectivity index (χ0v) is 16.4. The van der Waals surface area contributed by atoms with Crippen molar-refractivity contribution >= 4 is 33.8 Å². The van der Waals surface area contributed by atoms with Crippen molar-refractivity contribution in [3.05, 3.63) is 36.2 Å². The molecule has 27 heavy (non-hydrogen) atoms. The molecule has 0 unspecified atom stereocenters. The molecule has 1 amide bonds. The number of hydrogen-bond donors (Lipinski definition) is 1. The van der Waals surface area contributed by atoms with Crippen LogP contribution in [0.1, 0.15) is 25.7 Å². The molecule has 0 aliphatic heterocycles. The Hall–Kier alpha value is -2.38.